The van der Waals surface area contributed by atoms with Crippen LogP contribution in [0.2, 0.25) is 0 Å². The maximum absolute atomic E-state index is 12.5. The topological polar surface area (TPSA) is 104 Å². The van der Waals surface area contributed by atoms with Crippen LogP contribution in [0.3, 0.4) is 0 Å². The van der Waals surface area contributed by atoms with E-state index in [0.717, 1.165) is 5.56 Å². The molecule has 0 aliphatic heterocycles. The van der Waals surface area contributed by atoms with E-state index < -0.39 is 22.0 Å². The van der Waals surface area contributed by atoms with Gasteiger partial charge < -0.3 is 10.6 Å². The van der Waals surface area contributed by atoms with Gasteiger partial charge in [-0.3, -0.25) is 9.59 Å². The Morgan fingerprint density at radius 2 is 1.52 bits per heavy atom. The molecule has 7 nitrogen and oxygen atoms in total. The van der Waals surface area contributed by atoms with E-state index >= 15 is 0 Å². The summed E-state index contributed by atoms with van der Waals surface area (Å²) in [5.41, 5.74) is 1.42. The highest BCUT2D eigenvalue weighted by Gasteiger charge is 2.23. The number of hydrogen-bond donors (Lipinski definition) is 3. The normalized spacial score (nSPS) is 13.4. The number of nitrogens with one attached hydrogen (secondary N) is 3. The molecule has 27 heavy (non-hydrogen) atoms. The first-order chi connectivity index (χ1) is 12.7. The van der Waals surface area contributed by atoms with E-state index in [0.29, 0.717) is 5.69 Å². The van der Waals surface area contributed by atoms with Crippen LogP contribution >= 0.6 is 0 Å². The van der Waals surface area contributed by atoms with Gasteiger partial charge in [0.2, 0.25) is 21.8 Å². The largest absolute Gasteiger partial charge is 0.348 e. The van der Waals surface area contributed by atoms with Gasteiger partial charge in [-0.05, 0) is 43.7 Å². The molecule has 2 rings (SSSR count). The highest BCUT2D eigenvalue weighted by molar-refractivity contribution is 7.89. The Balaban J connectivity index is 2.01. The molecule has 2 aromatic carbocycles. The number of benzene rings is 2. The van der Waals surface area contributed by atoms with E-state index in [1.807, 2.05) is 37.3 Å². The molecular formula is C19H23N3O4S. The lowest BCUT2D eigenvalue weighted by molar-refractivity contribution is -0.123. The fraction of sp³-hybridized carbons (Fsp3) is 0.263. The second kappa shape index (κ2) is 8.79. The van der Waals surface area contributed by atoms with Gasteiger partial charge in [0.05, 0.1) is 17.0 Å². The lowest BCUT2D eigenvalue weighted by atomic mass is 10.1. The number of carbonyl (C=O) groups is 2. The summed E-state index contributed by atoms with van der Waals surface area (Å²) in [5.74, 6) is -0.675. The number of amides is 2. The van der Waals surface area contributed by atoms with E-state index in [1.165, 1.54) is 38.1 Å². The summed E-state index contributed by atoms with van der Waals surface area (Å²) < 4.78 is 27.3. The van der Waals surface area contributed by atoms with Gasteiger partial charge >= 0.3 is 0 Å². The quantitative estimate of drug-likeness (QED) is 0.675. The summed E-state index contributed by atoms with van der Waals surface area (Å²) in [6, 6.07) is 13.9. The van der Waals surface area contributed by atoms with E-state index in [1.54, 1.807) is 0 Å². The SMILES string of the molecule is CC(=O)Nc1ccc(S(=O)(=O)N[C@H](C)C(=O)N[C@@H](C)c2ccccc2)cc1. The minimum Gasteiger partial charge on any atom is -0.348 e. The van der Waals surface area contributed by atoms with Crippen molar-refractivity contribution < 1.29 is 18.0 Å². The zero-order valence-electron chi connectivity index (χ0n) is 15.4. The van der Waals surface area contributed by atoms with Crippen molar-refractivity contribution in [1.82, 2.24) is 10.0 Å². The summed E-state index contributed by atoms with van der Waals surface area (Å²) in [4.78, 5) is 23.4. The zero-order valence-corrected chi connectivity index (χ0v) is 16.2. The second-order valence-electron chi connectivity index (χ2n) is 6.19. The van der Waals surface area contributed by atoms with Crippen LogP contribution in [0.1, 0.15) is 32.4 Å². The number of anilines is 1. The van der Waals surface area contributed by atoms with Gasteiger partial charge in [-0.1, -0.05) is 30.3 Å². The van der Waals surface area contributed by atoms with Crippen LogP contribution in [0, 0.1) is 0 Å². The first-order valence-electron chi connectivity index (χ1n) is 8.44. The van der Waals surface area contributed by atoms with E-state index in [-0.39, 0.29) is 16.8 Å². The predicted octanol–water partition coefficient (Wildman–Crippen LogP) is 2.19. The average Bonchev–Trinajstić information content (AvgIpc) is 2.62. The Kier molecular flexibility index (Phi) is 6.70. The van der Waals surface area contributed by atoms with E-state index in [4.69, 9.17) is 0 Å². The molecule has 0 aromatic heterocycles. The molecule has 0 saturated heterocycles. The summed E-state index contributed by atoms with van der Waals surface area (Å²) >= 11 is 0. The van der Waals surface area contributed by atoms with Gasteiger partial charge in [-0.2, -0.15) is 4.72 Å². The molecule has 8 heteroatoms. The fourth-order valence-electron chi connectivity index (χ4n) is 2.44. The van der Waals surface area contributed by atoms with Crippen molar-refractivity contribution >= 4 is 27.5 Å². The van der Waals surface area contributed by atoms with Crippen LogP contribution in [0.25, 0.3) is 0 Å². The molecule has 0 fully saturated rings. The Morgan fingerprint density at radius 1 is 0.926 bits per heavy atom. The van der Waals surface area contributed by atoms with Gasteiger partial charge in [0.1, 0.15) is 0 Å². The highest BCUT2D eigenvalue weighted by Crippen LogP contribution is 2.15. The second-order valence-corrected chi connectivity index (χ2v) is 7.90. The smallest absolute Gasteiger partial charge is 0.241 e. The molecule has 0 aliphatic carbocycles. The lowest BCUT2D eigenvalue weighted by Gasteiger charge is -2.19. The number of sulfonamides is 1. The summed E-state index contributed by atoms with van der Waals surface area (Å²) in [7, 11) is -3.87. The first-order valence-corrected chi connectivity index (χ1v) is 9.92. The number of carbonyl (C=O) groups excluding carboxylic acids is 2. The van der Waals surface area contributed by atoms with Crippen molar-refractivity contribution in [3.05, 3.63) is 60.2 Å². The molecule has 144 valence electrons. The summed E-state index contributed by atoms with van der Waals surface area (Å²) in [5, 5.41) is 5.35. The standard InChI is InChI=1S/C19H23N3O4S/c1-13(16-7-5-4-6-8-16)20-19(24)14(2)22-27(25,26)18-11-9-17(10-12-18)21-15(3)23/h4-14,22H,1-3H3,(H,20,24)(H,21,23)/t13-,14+/m0/s1. The van der Waals surface area contributed by atoms with Gasteiger partial charge in [-0.25, -0.2) is 8.42 Å². The third-order valence-electron chi connectivity index (χ3n) is 3.87. The molecular weight excluding hydrogens is 366 g/mol. The van der Waals surface area contributed by atoms with Gasteiger partial charge in [-0.15, -0.1) is 0 Å². The van der Waals surface area contributed by atoms with Crippen molar-refractivity contribution in [2.45, 2.75) is 37.8 Å². The summed E-state index contributed by atoms with van der Waals surface area (Å²) in [6.45, 7) is 4.68. The average molecular weight is 389 g/mol. The predicted molar refractivity (Wildman–Crippen MR) is 104 cm³/mol. The molecule has 0 radical (unpaired) electrons. The number of rotatable bonds is 7. The van der Waals surface area contributed by atoms with Crippen molar-refractivity contribution in [3.8, 4) is 0 Å². The molecule has 0 heterocycles. The molecule has 0 unspecified atom stereocenters. The monoisotopic (exact) mass is 389 g/mol. The molecule has 2 atom stereocenters. The fourth-order valence-corrected chi connectivity index (χ4v) is 3.64. The van der Waals surface area contributed by atoms with E-state index in [2.05, 4.69) is 15.4 Å². The third-order valence-corrected chi connectivity index (χ3v) is 5.43. The maximum atomic E-state index is 12.5. The minimum absolute atomic E-state index is 0.00681. The molecule has 3 N–H and O–H groups in total. The van der Waals surface area contributed by atoms with Crippen LogP contribution in [-0.2, 0) is 19.6 Å². The highest BCUT2D eigenvalue weighted by atomic mass is 32.2. The number of hydrogen-bond acceptors (Lipinski definition) is 4. The molecule has 2 amide bonds. The van der Waals surface area contributed by atoms with Crippen LogP contribution in [0.4, 0.5) is 5.69 Å². The van der Waals surface area contributed by atoms with Gasteiger partial charge in [0, 0.05) is 12.6 Å². The molecule has 0 bridgehead atoms. The molecule has 0 aliphatic rings. The maximum Gasteiger partial charge on any atom is 0.241 e. The van der Waals surface area contributed by atoms with Crippen LogP contribution in [0.15, 0.2) is 59.5 Å². The molecule has 0 spiro atoms. The first kappa shape index (κ1) is 20.6. The molecule has 2 aromatic rings. The Labute approximate surface area is 159 Å². The summed E-state index contributed by atoms with van der Waals surface area (Å²) in [6.07, 6.45) is 0. The zero-order chi connectivity index (χ0) is 20.0. The Bertz CT molecular complexity index is 896. The van der Waals surface area contributed by atoms with Crippen LogP contribution in [0.5, 0.6) is 0 Å². The van der Waals surface area contributed by atoms with Crippen molar-refractivity contribution in [2.24, 2.45) is 0 Å². The Morgan fingerprint density at radius 3 is 2.07 bits per heavy atom. The van der Waals surface area contributed by atoms with Crippen molar-refractivity contribution in [2.75, 3.05) is 5.32 Å². The van der Waals surface area contributed by atoms with Crippen LogP contribution in [-0.4, -0.2) is 26.3 Å². The minimum atomic E-state index is -3.87. The van der Waals surface area contributed by atoms with Crippen molar-refractivity contribution in [1.29, 1.82) is 0 Å². The van der Waals surface area contributed by atoms with Crippen molar-refractivity contribution in [3.63, 3.8) is 0 Å². The molecule has 0 saturated carbocycles. The third kappa shape index (κ3) is 5.90. The van der Waals surface area contributed by atoms with E-state index in [9.17, 15) is 18.0 Å². The Hall–Kier alpha value is -2.71. The van der Waals surface area contributed by atoms with Crippen LogP contribution < -0.4 is 15.4 Å². The van der Waals surface area contributed by atoms with Gasteiger partial charge in [0.25, 0.3) is 0 Å². The van der Waals surface area contributed by atoms with Gasteiger partial charge in [0.15, 0.2) is 0 Å². The lowest BCUT2D eigenvalue weighted by Crippen LogP contribution is -2.45.